The van der Waals surface area contributed by atoms with Crippen molar-refractivity contribution in [1.29, 1.82) is 0 Å². The second-order valence-electron chi connectivity index (χ2n) is 7.17. The minimum atomic E-state index is -0.966. The minimum absolute atomic E-state index is 0.00901. The number of pyridine rings is 1. The number of aliphatic hydroxyl groups is 1. The molecule has 1 aliphatic rings. The molecular formula is C19H22N4O4S. The zero-order chi connectivity index (χ0) is 19.8. The van der Waals surface area contributed by atoms with Gasteiger partial charge in [0.1, 0.15) is 17.4 Å². The molecule has 2 N–H and O–H groups in total. The number of aliphatic hydroxyl groups excluding tert-OH is 1. The summed E-state index contributed by atoms with van der Waals surface area (Å²) < 4.78 is 3.09. The highest BCUT2D eigenvalue weighted by molar-refractivity contribution is 7.18. The van der Waals surface area contributed by atoms with Gasteiger partial charge in [-0.1, -0.05) is 0 Å². The van der Waals surface area contributed by atoms with E-state index in [0.29, 0.717) is 18.9 Å². The lowest BCUT2D eigenvalue weighted by atomic mass is 10.0. The van der Waals surface area contributed by atoms with E-state index in [1.165, 1.54) is 0 Å². The molecule has 1 saturated heterocycles. The molecule has 0 aromatic carbocycles. The summed E-state index contributed by atoms with van der Waals surface area (Å²) in [5.41, 5.74) is 2.57. The van der Waals surface area contributed by atoms with E-state index in [2.05, 4.69) is 14.5 Å². The van der Waals surface area contributed by atoms with Crippen molar-refractivity contribution in [3.63, 3.8) is 0 Å². The van der Waals surface area contributed by atoms with Crippen molar-refractivity contribution < 1.29 is 19.8 Å². The number of carbonyl (C=O) groups is 2. The van der Waals surface area contributed by atoms with Gasteiger partial charge in [0, 0.05) is 19.5 Å². The quantitative estimate of drug-likeness (QED) is 0.679. The lowest BCUT2D eigenvalue weighted by molar-refractivity contribution is -0.141. The van der Waals surface area contributed by atoms with Gasteiger partial charge >= 0.3 is 5.97 Å². The van der Waals surface area contributed by atoms with Crippen molar-refractivity contribution in [3.05, 3.63) is 23.5 Å². The molecule has 0 spiro atoms. The Bertz CT molecular complexity index is 1040. The van der Waals surface area contributed by atoms with Gasteiger partial charge in [-0.05, 0) is 31.2 Å². The number of fused-ring (bicyclic) bond motifs is 3. The normalized spacial score (nSPS) is 18.6. The number of amides is 1. The molecule has 1 amide bonds. The molecule has 8 nitrogen and oxygen atoms in total. The molecule has 0 unspecified atom stereocenters. The predicted octanol–water partition coefficient (Wildman–Crippen LogP) is 2.73. The van der Waals surface area contributed by atoms with Crippen LogP contribution in [0.2, 0.25) is 0 Å². The molecule has 3 aromatic rings. The van der Waals surface area contributed by atoms with Gasteiger partial charge < -0.3 is 19.7 Å². The molecule has 4 heterocycles. The fraction of sp³-hybridized carbons (Fsp3) is 0.474. The molecule has 2 atom stereocenters. The Hall–Kier alpha value is -2.52. The number of piperidine rings is 1. The van der Waals surface area contributed by atoms with E-state index in [1.54, 1.807) is 29.4 Å². The van der Waals surface area contributed by atoms with Crippen LogP contribution in [0.5, 0.6) is 0 Å². The van der Waals surface area contributed by atoms with Crippen molar-refractivity contribution in [3.8, 4) is 0 Å². The van der Waals surface area contributed by atoms with E-state index in [4.69, 9.17) is 5.11 Å². The number of nitrogens with zero attached hydrogens (tertiary/aromatic N) is 4. The zero-order valence-electron chi connectivity index (χ0n) is 15.5. The maximum absolute atomic E-state index is 12.5. The number of hydrogen-bond acceptors (Lipinski definition) is 6. The number of carboxylic acid groups (broad SMARTS) is 1. The highest BCUT2D eigenvalue weighted by Crippen LogP contribution is 2.35. The van der Waals surface area contributed by atoms with Crippen molar-refractivity contribution in [1.82, 2.24) is 19.4 Å². The molecule has 1 aliphatic heterocycles. The lowest BCUT2D eigenvalue weighted by Gasteiger charge is -2.34. The second-order valence-corrected chi connectivity index (χ2v) is 8.09. The number of carbonyl (C=O) groups excluding carboxylic acids is 1. The molecule has 0 aliphatic carbocycles. The molecule has 3 aromatic heterocycles. The summed E-state index contributed by atoms with van der Waals surface area (Å²) in [6, 6.07) is 1.94. The van der Waals surface area contributed by atoms with Crippen molar-refractivity contribution >= 4 is 44.5 Å². The monoisotopic (exact) mass is 402 g/mol. The summed E-state index contributed by atoms with van der Waals surface area (Å²) in [5.74, 6) is -0.535. The van der Waals surface area contributed by atoms with Crippen molar-refractivity contribution in [2.24, 2.45) is 0 Å². The molecular weight excluding hydrogens is 380 g/mol. The van der Waals surface area contributed by atoms with Gasteiger partial charge in [-0.15, -0.1) is 11.3 Å². The Morgan fingerprint density at radius 3 is 2.93 bits per heavy atom. The third-order valence-corrected chi connectivity index (χ3v) is 6.10. The van der Waals surface area contributed by atoms with E-state index < -0.39 is 12.1 Å². The number of thiophene rings is 1. The van der Waals surface area contributed by atoms with Crippen LogP contribution in [-0.4, -0.2) is 54.6 Å². The summed E-state index contributed by atoms with van der Waals surface area (Å²) in [5, 5.41) is 21.2. The van der Waals surface area contributed by atoms with Crippen LogP contribution in [-0.2, 0) is 9.59 Å². The molecule has 0 radical (unpaired) electrons. The Balaban J connectivity index is 1.73. The van der Waals surface area contributed by atoms with Crippen LogP contribution in [0.15, 0.2) is 17.6 Å². The van der Waals surface area contributed by atoms with E-state index in [0.717, 1.165) is 34.1 Å². The molecule has 148 valence electrons. The van der Waals surface area contributed by atoms with Crippen LogP contribution < -0.4 is 0 Å². The number of carboxylic acids is 1. The van der Waals surface area contributed by atoms with Gasteiger partial charge in [-0.25, -0.2) is 4.98 Å². The van der Waals surface area contributed by atoms with Gasteiger partial charge in [-0.2, -0.15) is 0 Å². The van der Waals surface area contributed by atoms with Crippen LogP contribution in [0.4, 0.5) is 0 Å². The van der Waals surface area contributed by atoms with Gasteiger partial charge in [0.2, 0.25) is 5.91 Å². The zero-order valence-corrected chi connectivity index (χ0v) is 16.4. The van der Waals surface area contributed by atoms with Crippen molar-refractivity contribution in [2.45, 2.75) is 44.8 Å². The van der Waals surface area contributed by atoms with Crippen LogP contribution in [0, 0.1) is 0 Å². The molecule has 4 rings (SSSR count). The maximum Gasteiger partial charge on any atom is 0.303 e. The smallest absolute Gasteiger partial charge is 0.303 e. The van der Waals surface area contributed by atoms with Gasteiger partial charge in [-0.3, -0.25) is 14.6 Å². The largest absolute Gasteiger partial charge is 0.481 e. The number of imidazole rings is 1. The Labute approximate surface area is 165 Å². The first-order chi connectivity index (χ1) is 13.5. The Morgan fingerprint density at radius 1 is 1.36 bits per heavy atom. The molecule has 0 saturated carbocycles. The number of aromatic nitrogens is 3. The van der Waals surface area contributed by atoms with Crippen LogP contribution in [0.1, 0.15) is 50.6 Å². The Kier molecular flexibility index (Phi) is 5.03. The van der Waals surface area contributed by atoms with Crippen molar-refractivity contribution in [2.75, 3.05) is 13.1 Å². The van der Waals surface area contributed by atoms with E-state index >= 15 is 0 Å². The second kappa shape index (κ2) is 7.48. The summed E-state index contributed by atoms with van der Waals surface area (Å²) in [4.78, 5) is 34.0. The first kappa shape index (κ1) is 18.8. The van der Waals surface area contributed by atoms with Gasteiger partial charge in [0.15, 0.2) is 0 Å². The maximum atomic E-state index is 12.5. The standard InChI is InChI=1S/C19H22N4O4S/c1-11(24)19-21-14-9-20-13-6-8-28-18(13)17(14)23(19)12-3-2-7-22(10-12)15(25)4-5-16(26)27/h6,8-9,11-12,24H,2-5,7,10H2,1H3,(H,26,27)/t11-,12+/m1/s1. The number of aliphatic carboxylic acids is 1. The first-order valence-electron chi connectivity index (χ1n) is 9.37. The molecule has 28 heavy (non-hydrogen) atoms. The van der Waals surface area contributed by atoms with Gasteiger partial charge in [0.05, 0.1) is 34.4 Å². The van der Waals surface area contributed by atoms with E-state index in [9.17, 15) is 14.7 Å². The summed E-state index contributed by atoms with van der Waals surface area (Å²) in [6.45, 7) is 2.80. The average molecular weight is 402 g/mol. The highest BCUT2D eigenvalue weighted by Gasteiger charge is 2.29. The topological polar surface area (TPSA) is 109 Å². The fourth-order valence-electron chi connectivity index (χ4n) is 3.92. The van der Waals surface area contributed by atoms with Crippen LogP contribution in [0.25, 0.3) is 21.3 Å². The summed E-state index contributed by atoms with van der Waals surface area (Å²) in [6.07, 6.45) is 2.51. The minimum Gasteiger partial charge on any atom is -0.481 e. The Morgan fingerprint density at radius 2 is 2.18 bits per heavy atom. The van der Waals surface area contributed by atoms with Crippen LogP contribution >= 0.6 is 11.3 Å². The van der Waals surface area contributed by atoms with E-state index in [1.807, 2.05) is 11.4 Å². The van der Waals surface area contributed by atoms with Gasteiger partial charge in [0.25, 0.3) is 0 Å². The predicted molar refractivity (Wildman–Crippen MR) is 105 cm³/mol. The molecule has 9 heteroatoms. The van der Waals surface area contributed by atoms with Crippen LogP contribution in [0.3, 0.4) is 0 Å². The highest BCUT2D eigenvalue weighted by atomic mass is 32.1. The SMILES string of the molecule is C[C@@H](O)c1nc2cnc3ccsc3c2n1[C@H]1CCCN(C(=O)CCC(=O)O)C1. The summed E-state index contributed by atoms with van der Waals surface area (Å²) in [7, 11) is 0. The third kappa shape index (κ3) is 3.35. The molecule has 1 fully saturated rings. The number of hydrogen-bond donors (Lipinski definition) is 2. The third-order valence-electron chi connectivity index (χ3n) is 5.19. The van der Waals surface area contributed by atoms with E-state index in [-0.39, 0.29) is 24.8 Å². The average Bonchev–Trinajstić information content (AvgIpc) is 3.29. The number of likely N-dealkylation sites (tertiary alicyclic amines) is 1. The fourth-order valence-corrected chi connectivity index (χ4v) is 4.81. The molecule has 0 bridgehead atoms. The number of rotatable bonds is 5. The lowest BCUT2D eigenvalue weighted by Crippen LogP contribution is -2.41. The first-order valence-corrected chi connectivity index (χ1v) is 10.3. The summed E-state index contributed by atoms with van der Waals surface area (Å²) >= 11 is 1.59.